The molecule has 1 aliphatic rings. The maximum atomic E-state index is 9.94. The second kappa shape index (κ2) is 6.37. The largest absolute Gasteiger partial charge is 0.508 e. The second-order valence-corrected chi connectivity index (χ2v) is 5.47. The van der Waals surface area contributed by atoms with Crippen molar-refractivity contribution in [3.8, 4) is 5.75 Å². The number of hydrogen-bond acceptors (Lipinski definition) is 4. The predicted molar refractivity (Wildman–Crippen MR) is 74.2 cm³/mol. The number of β-amino-alcohol motifs (C(OH)–C–C–N with tert-alkyl or cyclic N) is 1. The molecule has 0 spiro atoms. The van der Waals surface area contributed by atoms with E-state index in [-0.39, 0.29) is 6.10 Å². The lowest BCUT2D eigenvalue weighted by atomic mass is 9.99. The van der Waals surface area contributed by atoms with E-state index in [4.69, 9.17) is 4.74 Å². The van der Waals surface area contributed by atoms with Crippen LogP contribution in [0.15, 0.2) is 18.2 Å². The number of nitrogens with zero attached hydrogens (tertiary/aromatic N) is 1. The molecule has 4 nitrogen and oxygen atoms in total. The summed E-state index contributed by atoms with van der Waals surface area (Å²) in [4.78, 5) is 2.20. The van der Waals surface area contributed by atoms with Crippen LogP contribution in [0.3, 0.4) is 0 Å². The van der Waals surface area contributed by atoms with Crippen molar-refractivity contribution in [3.63, 3.8) is 0 Å². The first kappa shape index (κ1) is 14.3. The summed E-state index contributed by atoms with van der Waals surface area (Å²) < 4.78 is 5.42. The number of fused-ring (bicyclic) bond motifs is 1. The van der Waals surface area contributed by atoms with Crippen molar-refractivity contribution in [2.24, 2.45) is 0 Å². The fourth-order valence-corrected chi connectivity index (χ4v) is 2.41. The van der Waals surface area contributed by atoms with Crippen LogP contribution in [0, 0.1) is 0 Å². The zero-order chi connectivity index (χ0) is 13.8. The van der Waals surface area contributed by atoms with E-state index in [0.29, 0.717) is 18.9 Å². The molecule has 2 N–H and O–H groups in total. The molecule has 0 saturated heterocycles. The quantitative estimate of drug-likeness (QED) is 0.848. The normalized spacial score (nSPS) is 17.5. The molecule has 0 saturated carbocycles. The number of phenols is 1. The zero-order valence-corrected chi connectivity index (χ0v) is 11.7. The van der Waals surface area contributed by atoms with Crippen LogP contribution in [0.1, 0.15) is 25.0 Å². The summed E-state index contributed by atoms with van der Waals surface area (Å²) in [6, 6.07) is 5.54. The van der Waals surface area contributed by atoms with Gasteiger partial charge in [0, 0.05) is 19.6 Å². The van der Waals surface area contributed by atoms with Crippen molar-refractivity contribution in [2.45, 2.75) is 39.0 Å². The monoisotopic (exact) mass is 265 g/mol. The molecule has 1 atom stereocenters. The van der Waals surface area contributed by atoms with E-state index in [9.17, 15) is 10.2 Å². The summed E-state index contributed by atoms with van der Waals surface area (Å²) >= 11 is 0. The van der Waals surface area contributed by atoms with E-state index < -0.39 is 6.10 Å². The summed E-state index contributed by atoms with van der Waals surface area (Å²) in [6.45, 7) is 6.64. The van der Waals surface area contributed by atoms with Crippen LogP contribution >= 0.6 is 0 Å². The highest BCUT2D eigenvalue weighted by molar-refractivity contribution is 5.36. The molecule has 1 heterocycles. The van der Waals surface area contributed by atoms with Crippen LogP contribution in [0.2, 0.25) is 0 Å². The van der Waals surface area contributed by atoms with Gasteiger partial charge in [0.05, 0.1) is 18.8 Å². The molecular formula is C15H23NO3. The van der Waals surface area contributed by atoms with Crippen LogP contribution in [-0.2, 0) is 17.7 Å². The van der Waals surface area contributed by atoms with Gasteiger partial charge in [0.1, 0.15) is 5.75 Å². The fraction of sp³-hybridized carbons (Fsp3) is 0.600. The van der Waals surface area contributed by atoms with E-state index in [1.165, 1.54) is 5.56 Å². The van der Waals surface area contributed by atoms with Crippen molar-refractivity contribution in [1.82, 2.24) is 4.90 Å². The third kappa shape index (κ3) is 4.20. The Hall–Kier alpha value is -1.10. The number of benzene rings is 1. The van der Waals surface area contributed by atoms with Crippen molar-refractivity contribution >= 4 is 0 Å². The van der Waals surface area contributed by atoms with Gasteiger partial charge in [-0.2, -0.15) is 0 Å². The lowest BCUT2D eigenvalue weighted by Crippen LogP contribution is -2.38. The third-order valence-electron chi connectivity index (χ3n) is 3.37. The van der Waals surface area contributed by atoms with Crippen LogP contribution < -0.4 is 0 Å². The number of phenolic OH excluding ortho intramolecular Hbond substituents is 1. The van der Waals surface area contributed by atoms with Crippen molar-refractivity contribution in [2.75, 3.05) is 19.7 Å². The van der Waals surface area contributed by atoms with Crippen LogP contribution in [0.4, 0.5) is 0 Å². The highest BCUT2D eigenvalue weighted by Crippen LogP contribution is 2.23. The van der Waals surface area contributed by atoms with Crippen LogP contribution in [0.5, 0.6) is 5.75 Å². The summed E-state index contributed by atoms with van der Waals surface area (Å²) in [5.41, 5.74) is 2.45. The number of aliphatic hydroxyl groups is 1. The Morgan fingerprint density at radius 1 is 1.32 bits per heavy atom. The van der Waals surface area contributed by atoms with Gasteiger partial charge in [0.25, 0.3) is 0 Å². The maximum Gasteiger partial charge on any atom is 0.115 e. The average molecular weight is 265 g/mol. The second-order valence-electron chi connectivity index (χ2n) is 5.47. The molecular weight excluding hydrogens is 242 g/mol. The molecule has 1 aromatic rings. The Kier molecular flexibility index (Phi) is 4.80. The summed E-state index contributed by atoms with van der Waals surface area (Å²) in [6.07, 6.45) is 0.655. The zero-order valence-electron chi connectivity index (χ0n) is 11.7. The first-order valence-electron chi connectivity index (χ1n) is 6.87. The van der Waals surface area contributed by atoms with Crippen LogP contribution in [0.25, 0.3) is 0 Å². The molecule has 0 fully saturated rings. The highest BCUT2D eigenvalue weighted by atomic mass is 16.5. The Morgan fingerprint density at radius 3 is 2.84 bits per heavy atom. The minimum absolute atomic E-state index is 0.147. The molecule has 0 aliphatic carbocycles. The van der Waals surface area contributed by atoms with Gasteiger partial charge >= 0.3 is 0 Å². The predicted octanol–water partition coefficient (Wildman–Crippen LogP) is 1.54. The molecule has 19 heavy (non-hydrogen) atoms. The molecule has 0 bridgehead atoms. The molecule has 0 aromatic heterocycles. The number of rotatable bonds is 5. The smallest absolute Gasteiger partial charge is 0.115 e. The molecule has 106 valence electrons. The first-order valence-corrected chi connectivity index (χ1v) is 6.87. The standard InChI is InChI=1S/C15H23NO3/c1-11(2)19-10-15(18)9-16-6-5-12-3-4-14(17)7-13(12)8-16/h3-4,7,11,15,17-18H,5-6,8-10H2,1-2H3. The van der Waals surface area contributed by atoms with Gasteiger partial charge in [-0.3, -0.25) is 4.90 Å². The van der Waals surface area contributed by atoms with Gasteiger partial charge in [-0.25, -0.2) is 0 Å². The van der Waals surface area contributed by atoms with Gasteiger partial charge in [0.15, 0.2) is 0 Å². The molecule has 1 unspecified atom stereocenters. The van der Waals surface area contributed by atoms with Gasteiger partial charge in [0.2, 0.25) is 0 Å². The van der Waals surface area contributed by atoms with Gasteiger partial charge in [-0.15, -0.1) is 0 Å². The SMILES string of the molecule is CC(C)OCC(O)CN1CCc2ccc(O)cc2C1. The molecule has 1 aromatic carbocycles. The van der Waals surface area contributed by atoms with Gasteiger partial charge < -0.3 is 14.9 Å². The van der Waals surface area contributed by atoms with E-state index >= 15 is 0 Å². The van der Waals surface area contributed by atoms with Crippen molar-refractivity contribution < 1.29 is 14.9 Å². The maximum absolute atomic E-state index is 9.94. The molecule has 1 aliphatic heterocycles. The van der Waals surface area contributed by atoms with E-state index in [1.807, 2.05) is 26.0 Å². The van der Waals surface area contributed by atoms with Crippen molar-refractivity contribution in [1.29, 1.82) is 0 Å². The Morgan fingerprint density at radius 2 is 2.11 bits per heavy atom. The Labute approximate surface area is 114 Å². The number of ether oxygens (including phenoxy) is 1. The molecule has 0 radical (unpaired) electrons. The number of aliphatic hydroxyl groups excluding tert-OH is 1. The summed E-state index contributed by atoms with van der Waals surface area (Å²) in [5.74, 6) is 0.310. The molecule has 2 rings (SSSR count). The Balaban J connectivity index is 1.87. The fourth-order valence-electron chi connectivity index (χ4n) is 2.41. The third-order valence-corrected chi connectivity index (χ3v) is 3.37. The minimum Gasteiger partial charge on any atom is -0.508 e. The molecule has 4 heteroatoms. The Bertz CT molecular complexity index is 420. The number of aromatic hydroxyl groups is 1. The van der Waals surface area contributed by atoms with Gasteiger partial charge in [-0.1, -0.05) is 6.07 Å². The lowest BCUT2D eigenvalue weighted by Gasteiger charge is -2.30. The van der Waals surface area contributed by atoms with Crippen molar-refractivity contribution in [3.05, 3.63) is 29.3 Å². The summed E-state index contributed by atoms with van der Waals surface area (Å²) in [7, 11) is 0. The average Bonchev–Trinajstić information content (AvgIpc) is 2.36. The number of hydrogen-bond donors (Lipinski definition) is 2. The molecule has 0 amide bonds. The van der Waals surface area contributed by atoms with E-state index in [2.05, 4.69) is 4.90 Å². The van der Waals surface area contributed by atoms with E-state index in [0.717, 1.165) is 25.1 Å². The highest BCUT2D eigenvalue weighted by Gasteiger charge is 2.19. The minimum atomic E-state index is -0.457. The van der Waals surface area contributed by atoms with Gasteiger partial charge in [-0.05, 0) is 43.5 Å². The first-order chi connectivity index (χ1) is 9.04. The summed E-state index contributed by atoms with van der Waals surface area (Å²) in [5, 5.41) is 19.5. The van der Waals surface area contributed by atoms with E-state index in [1.54, 1.807) is 6.07 Å². The lowest BCUT2D eigenvalue weighted by molar-refractivity contribution is -0.0101. The van der Waals surface area contributed by atoms with Crippen LogP contribution in [-0.4, -0.2) is 47.0 Å². The topological polar surface area (TPSA) is 52.9 Å².